The van der Waals surface area contributed by atoms with E-state index in [2.05, 4.69) is 19.9 Å². The first-order valence-electron chi connectivity index (χ1n) is 7.74. The Balaban J connectivity index is 1.71. The Bertz CT molecular complexity index is 660. The third kappa shape index (κ3) is 2.58. The van der Waals surface area contributed by atoms with Gasteiger partial charge in [0.05, 0.1) is 11.9 Å². The Labute approximate surface area is 123 Å². The van der Waals surface area contributed by atoms with Crippen molar-refractivity contribution in [3.63, 3.8) is 0 Å². The van der Waals surface area contributed by atoms with Crippen molar-refractivity contribution in [2.45, 2.75) is 51.1 Å². The molecule has 2 aliphatic carbocycles. The summed E-state index contributed by atoms with van der Waals surface area (Å²) in [6.45, 7) is 0.664. The van der Waals surface area contributed by atoms with Gasteiger partial charge < -0.3 is 5.32 Å². The Morgan fingerprint density at radius 2 is 2.10 bits per heavy atom. The third-order valence-electron chi connectivity index (χ3n) is 4.33. The lowest BCUT2D eigenvalue weighted by Gasteiger charge is -2.16. The van der Waals surface area contributed by atoms with Crippen LogP contribution in [-0.4, -0.2) is 20.6 Å². The van der Waals surface area contributed by atoms with E-state index in [1.807, 2.05) is 6.33 Å². The molecule has 0 aliphatic heterocycles. The minimum atomic E-state index is -0.277. The van der Waals surface area contributed by atoms with Gasteiger partial charge in [-0.15, -0.1) is 0 Å². The predicted molar refractivity (Wildman–Crippen MR) is 77.8 cm³/mol. The van der Waals surface area contributed by atoms with Crippen LogP contribution in [0.3, 0.4) is 0 Å². The van der Waals surface area contributed by atoms with E-state index in [-0.39, 0.29) is 5.82 Å². The average Bonchev–Trinajstić information content (AvgIpc) is 3.24. The summed E-state index contributed by atoms with van der Waals surface area (Å²) in [5.74, 6) is 0.542. The monoisotopic (exact) mass is 286 g/mol. The Morgan fingerprint density at radius 1 is 1.24 bits per heavy atom. The first-order valence-corrected chi connectivity index (χ1v) is 7.74. The van der Waals surface area contributed by atoms with Crippen molar-refractivity contribution in [1.82, 2.24) is 19.9 Å². The zero-order valence-electron chi connectivity index (χ0n) is 12.0. The second-order valence-electron chi connectivity index (χ2n) is 6.01. The third-order valence-corrected chi connectivity index (χ3v) is 4.33. The maximum atomic E-state index is 13.6. The maximum absolute atomic E-state index is 13.6. The van der Waals surface area contributed by atoms with E-state index in [1.54, 1.807) is 6.07 Å². The molecule has 110 valence electrons. The second kappa shape index (κ2) is 5.22. The molecule has 5 heteroatoms. The molecule has 2 aliphatic rings. The van der Waals surface area contributed by atoms with E-state index < -0.39 is 0 Å². The van der Waals surface area contributed by atoms with E-state index in [0.29, 0.717) is 12.6 Å². The van der Waals surface area contributed by atoms with E-state index in [0.717, 1.165) is 24.2 Å². The van der Waals surface area contributed by atoms with E-state index in [9.17, 15) is 4.39 Å². The molecule has 0 atom stereocenters. The van der Waals surface area contributed by atoms with E-state index in [4.69, 9.17) is 0 Å². The van der Waals surface area contributed by atoms with E-state index >= 15 is 0 Å². The number of imidazole rings is 1. The van der Waals surface area contributed by atoms with Crippen LogP contribution in [-0.2, 0) is 19.4 Å². The van der Waals surface area contributed by atoms with Crippen LogP contribution >= 0.6 is 0 Å². The van der Waals surface area contributed by atoms with Gasteiger partial charge in [0.1, 0.15) is 18.0 Å². The van der Waals surface area contributed by atoms with Crippen molar-refractivity contribution in [2.75, 3.05) is 0 Å². The molecule has 2 aromatic rings. The number of hydrogen-bond donors (Lipinski definition) is 1. The molecule has 1 fully saturated rings. The van der Waals surface area contributed by atoms with Crippen LogP contribution in [0.1, 0.15) is 42.6 Å². The number of fused-ring (bicyclic) bond motifs is 1. The van der Waals surface area contributed by atoms with Crippen molar-refractivity contribution < 1.29 is 4.39 Å². The summed E-state index contributed by atoms with van der Waals surface area (Å²) in [5.41, 5.74) is 3.33. The fourth-order valence-corrected chi connectivity index (χ4v) is 3.01. The number of rotatable bonds is 4. The van der Waals surface area contributed by atoms with Crippen molar-refractivity contribution in [3.05, 3.63) is 41.4 Å². The van der Waals surface area contributed by atoms with Crippen LogP contribution in [0.5, 0.6) is 0 Å². The normalized spacial score (nSPS) is 17.8. The molecule has 0 radical (unpaired) electrons. The van der Waals surface area contributed by atoms with Crippen LogP contribution < -0.4 is 5.32 Å². The Kier molecular flexibility index (Phi) is 3.22. The molecule has 0 amide bonds. The zero-order valence-corrected chi connectivity index (χ0v) is 12.0. The average molecular weight is 286 g/mol. The summed E-state index contributed by atoms with van der Waals surface area (Å²) < 4.78 is 15.6. The molecule has 2 heterocycles. The second-order valence-corrected chi connectivity index (χ2v) is 6.01. The van der Waals surface area contributed by atoms with Gasteiger partial charge in [-0.2, -0.15) is 0 Å². The molecule has 0 bridgehead atoms. The summed E-state index contributed by atoms with van der Waals surface area (Å²) in [4.78, 5) is 8.85. The van der Waals surface area contributed by atoms with Gasteiger partial charge in [0.25, 0.3) is 0 Å². The first kappa shape index (κ1) is 13.0. The smallest absolute Gasteiger partial charge is 0.142 e. The molecule has 0 aromatic carbocycles. The zero-order chi connectivity index (χ0) is 14.2. The molecule has 0 spiro atoms. The van der Waals surface area contributed by atoms with Crippen LogP contribution in [0.4, 0.5) is 4.39 Å². The fourth-order valence-electron chi connectivity index (χ4n) is 3.01. The van der Waals surface area contributed by atoms with Crippen LogP contribution in [0.25, 0.3) is 5.82 Å². The van der Waals surface area contributed by atoms with Gasteiger partial charge in [0.15, 0.2) is 0 Å². The van der Waals surface area contributed by atoms with E-state index in [1.165, 1.54) is 43.3 Å². The van der Waals surface area contributed by atoms with Crippen LogP contribution in [0, 0.1) is 5.82 Å². The minimum Gasteiger partial charge on any atom is -0.310 e. The number of aryl methyl sites for hydroxylation is 1. The van der Waals surface area contributed by atoms with Crippen LogP contribution in [0.15, 0.2) is 18.6 Å². The number of halogens is 1. The summed E-state index contributed by atoms with van der Waals surface area (Å²) in [6, 6.07) is 2.19. The lowest BCUT2D eigenvalue weighted by atomic mass is 10.0. The Hall–Kier alpha value is -1.75. The summed E-state index contributed by atoms with van der Waals surface area (Å²) in [6.07, 6.45) is 10.1. The number of pyridine rings is 1. The fraction of sp³-hybridized carbons (Fsp3) is 0.500. The molecule has 1 N–H and O–H groups in total. The van der Waals surface area contributed by atoms with Gasteiger partial charge in [-0.3, -0.25) is 4.57 Å². The van der Waals surface area contributed by atoms with Gasteiger partial charge in [0.2, 0.25) is 0 Å². The molecule has 2 aromatic heterocycles. The molecular weight excluding hydrogens is 267 g/mol. The molecule has 4 nitrogen and oxygen atoms in total. The van der Waals surface area contributed by atoms with Crippen molar-refractivity contribution >= 4 is 0 Å². The molecule has 21 heavy (non-hydrogen) atoms. The summed E-state index contributed by atoms with van der Waals surface area (Å²) in [5, 5.41) is 3.44. The minimum absolute atomic E-state index is 0.277. The summed E-state index contributed by atoms with van der Waals surface area (Å²) in [7, 11) is 0. The number of aromatic nitrogens is 3. The molecule has 0 unspecified atom stereocenters. The van der Waals surface area contributed by atoms with Gasteiger partial charge in [-0.1, -0.05) is 0 Å². The highest BCUT2D eigenvalue weighted by atomic mass is 19.1. The van der Waals surface area contributed by atoms with Gasteiger partial charge >= 0.3 is 0 Å². The quantitative estimate of drug-likeness (QED) is 0.939. The van der Waals surface area contributed by atoms with Gasteiger partial charge in [0, 0.05) is 23.8 Å². The first-order chi connectivity index (χ1) is 10.3. The Morgan fingerprint density at radius 3 is 2.95 bits per heavy atom. The highest BCUT2D eigenvalue weighted by Crippen LogP contribution is 2.25. The number of nitrogens with zero attached hydrogens (tertiary/aromatic N) is 3. The number of hydrogen-bond acceptors (Lipinski definition) is 3. The summed E-state index contributed by atoms with van der Waals surface area (Å²) >= 11 is 0. The standard InChI is InChI=1S/C16H19FN4/c17-12-7-11(8-18-13-5-6-13)16(19-9-12)21-10-20-14-3-1-2-4-15(14)21/h7,9-10,13,18H,1-6,8H2. The van der Waals surface area contributed by atoms with Crippen molar-refractivity contribution in [3.8, 4) is 5.82 Å². The number of nitrogens with one attached hydrogen (secondary N) is 1. The largest absolute Gasteiger partial charge is 0.310 e. The molecule has 4 rings (SSSR count). The maximum Gasteiger partial charge on any atom is 0.142 e. The topological polar surface area (TPSA) is 42.7 Å². The molecular formula is C16H19FN4. The van der Waals surface area contributed by atoms with Gasteiger partial charge in [-0.25, -0.2) is 14.4 Å². The SMILES string of the molecule is Fc1cnc(-n2cnc3c2CCCC3)c(CNC2CC2)c1. The predicted octanol–water partition coefficient (Wildman–Crippen LogP) is 2.54. The van der Waals surface area contributed by atoms with Crippen molar-refractivity contribution in [1.29, 1.82) is 0 Å². The molecule has 0 saturated heterocycles. The van der Waals surface area contributed by atoms with Crippen molar-refractivity contribution in [2.24, 2.45) is 0 Å². The lowest BCUT2D eigenvalue weighted by Crippen LogP contribution is -2.18. The lowest BCUT2D eigenvalue weighted by molar-refractivity contribution is 0.606. The van der Waals surface area contributed by atoms with Gasteiger partial charge in [-0.05, 0) is 44.6 Å². The highest BCUT2D eigenvalue weighted by Gasteiger charge is 2.22. The molecule has 1 saturated carbocycles. The highest BCUT2D eigenvalue weighted by molar-refractivity contribution is 5.37. The van der Waals surface area contributed by atoms with Crippen LogP contribution in [0.2, 0.25) is 0 Å².